The Kier molecular flexibility index (Phi) is 7.96. The molecule has 1 amide bonds. The molecule has 3 aromatic rings. The van der Waals surface area contributed by atoms with Gasteiger partial charge in [-0.05, 0) is 42.0 Å². The summed E-state index contributed by atoms with van der Waals surface area (Å²) in [5.74, 6) is -1.92. The van der Waals surface area contributed by atoms with Crippen LogP contribution in [0.3, 0.4) is 0 Å². The van der Waals surface area contributed by atoms with Gasteiger partial charge in [-0.25, -0.2) is 18.6 Å². The van der Waals surface area contributed by atoms with Gasteiger partial charge in [0.05, 0.1) is 24.9 Å². The molecule has 0 unspecified atom stereocenters. The predicted molar refractivity (Wildman–Crippen MR) is 121 cm³/mol. The highest BCUT2D eigenvalue weighted by molar-refractivity contribution is 7.14. The second-order valence-corrected chi connectivity index (χ2v) is 7.65. The number of amides is 1. The van der Waals surface area contributed by atoms with Crippen LogP contribution in [0.25, 0.3) is 17.3 Å². The van der Waals surface area contributed by atoms with Gasteiger partial charge in [0.1, 0.15) is 11.6 Å². The molecule has 2 aromatic carbocycles. The van der Waals surface area contributed by atoms with E-state index in [-0.39, 0.29) is 16.4 Å². The predicted octanol–water partition coefficient (Wildman–Crippen LogP) is 4.95. The Morgan fingerprint density at radius 1 is 1.18 bits per heavy atom. The maximum absolute atomic E-state index is 13.9. The van der Waals surface area contributed by atoms with Crippen molar-refractivity contribution >= 4 is 46.0 Å². The van der Waals surface area contributed by atoms with Crippen LogP contribution in [0.4, 0.5) is 13.9 Å². The fraction of sp³-hybridized carbons (Fsp3) is 0.136. The third-order valence-electron chi connectivity index (χ3n) is 4.17. The third kappa shape index (κ3) is 6.27. The molecule has 0 saturated heterocycles. The lowest BCUT2D eigenvalue weighted by atomic mass is 10.1. The number of rotatable bonds is 8. The zero-order chi connectivity index (χ0) is 24.0. The standard InChI is InChI=1S/C22H17ClF2N2O5S/c1-30-18-8-12(7-15(23)21(18)31-2)3-6-20(29)32-10-19(28)27-22-26-17(11-33-22)14-9-13(24)4-5-16(14)25/h3-9,11H,10H2,1-2H3,(H,26,27,28)/b6-3+. The fourth-order valence-corrected chi connectivity index (χ4v) is 3.71. The number of nitrogens with zero attached hydrogens (tertiary/aromatic N) is 1. The Morgan fingerprint density at radius 3 is 2.70 bits per heavy atom. The summed E-state index contributed by atoms with van der Waals surface area (Å²) < 4.78 is 42.4. The highest BCUT2D eigenvalue weighted by Gasteiger charge is 2.14. The molecule has 172 valence electrons. The highest BCUT2D eigenvalue weighted by atomic mass is 35.5. The van der Waals surface area contributed by atoms with E-state index in [1.54, 1.807) is 12.1 Å². The number of aromatic nitrogens is 1. The molecular formula is C22H17ClF2N2O5S. The van der Waals surface area contributed by atoms with Gasteiger partial charge < -0.3 is 14.2 Å². The molecule has 0 fully saturated rings. The molecule has 0 aliphatic carbocycles. The summed E-state index contributed by atoms with van der Waals surface area (Å²) in [5.41, 5.74) is 0.693. The van der Waals surface area contributed by atoms with Crippen molar-refractivity contribution in [3.63, 3.8) is 0 Å². The van der Waals surface area contributed by atoms with E-state index in [0.29, 0.717) is 22.1 Å². The molecule has 0 spiro atoms. The zero-order valence-corrected chi connectivity index (χ0v) is 18.9. The molecule has 0 atom stereocenters. The highest BCUT2D eigenvalue weighted by Crippen LogP contribution is 2.36. The van der Waals surface area contributed by atoms with Gasteiger partial charge in [0.25, 0.3) is 5.91 Å². The van der Waals surface area contributed by atoms with Gasteiger partial charge in [-0.1, -0.05) is 11.6 Å². The number of carbonyl (C=O) groups excluding carboxylic acids is 2. The molecular weight excluding hydrogens is 478 g/mol. The summed E-state index contributed by atoms with van der Waals surface area (Å²) in [6.07, 6.45) is 2.56. The van der Waals surface area contributed by atoms with Crippen LogP contribution < -0.4 is 14.8 Å². The zero-order valence-electron chi connectivity index (χ0n) is 17.4. The van der Waals surface area contributed by atoms with Gasteiger partial charge in [-0.15, -0.1) is 11.3 Å². The quantitative estimate of drug-likeness (QED) is 0.352. The Morgan fingerprint density at radius 2 is 1.97 bits per heavy atom. The van der Waals surface area contributed by atoms with Crippen LogP contribution >= 0.6 is 22.9 Å². The Balaban J connectivity index is 1.55. The molecule has 7 nitrogen and oxygen atoms in total. The minimum Gasteiger partial charge on any atom is -0.493 e. The summed E-state index contributed by atoms with van der Waals surface area (Å²) in [6.45, 7) is -0.570. The summed E-state index contributed by atoms with van der Waals surface area (Å²) in [6, 6.07) is 6.18. The lowest BCUT2D eigenvalue weighted by Gasteiger charge is -2.10. The van der Waals surface area contributed by atoms with Crippen LogP contribution in [0.15, 0.2) is 41.8 Å². The summed E-state index contributed by atoms with van der Waals surface area (Å²) >= 11 is 7.13. The van der Waals surface area contributed by atoms with E-state index in [0.717, 1.165) is 35.6 Å². The average Bonchev–Trinajstić information content (AvgIpc) is 3.25. The van der Waals surface area contributed by atoms with Crippen molar-refractivity contribution in [3.8, 4) is 22.8 Å². The molecule has 0 aliphatic rings. The number of halogens is 3. The Hall–Kier alpha value is -3.50. The molecule has 0 radical (unpaired) electrons. The maximum atomic E-state index is 13.9. The minimum atomic E-state index is -0.766. The second-order valence-electron chi connectivity index (χ2n) is 6.39. The largest absolute Gasteiger partial charge is 0.493 e. The number of nitrogens with one attached hydrogen (secondary N) is 1. The number of hydrogen-bond donors (Lipinski definition) is 1. The van der Waals surface area contributed by atoms with Gasteiger partial charge in [-0.3, -0.25) is 10.1 Å². The lowest BCUT2D eigenvalue weighted by Crippen LogP contribution is -2.20. The fourth-order valence-electron chi connectivity index (χ4n) is 2.69. The number of anilines is 1. The normalized spacial score (nSPS) is 10.8. The third-order valence-corrected chi connectivity index (χ3v) is 5.21. The van der Waals surface area contributed by atoms with E-state index in [2.05, 4.69) is 10.3 Å². The van der Waals surface area contributed by atoms with Crippen molar-refractivity contribution in [2.75, 3.05) is 26.1 Å². The van der Waals surface area contributed by atoms with Gasteiger partial charge in [0.2, 0.25) is 0 Å². The van der Waals surface area contributed by atoms with Crippen molar-refractivity contribution in [3.05, 3.63) is 64.0 Å². The van der Waals surface area contributed by atoms with Gasteiger partial charge >= 0.3 is 5.97 Å². The summed E-state index contributed by atoms with van der Waals surface area (Å²) in [7, 11) is 2.91. The van der Waals surface area contributed by atoms with Crippen LogP contribution in [0.5, 0.6) is 11.5 Å². The lowest BCUT2D eigenvalue weighted by molar-refractivity contribution is -0.142. The van der Waals surface area contributed by atoms with Crippen molar-refractivity contribution in [2.45, 2.75) is 0 Å². The molecule has 0 aliphatic heterocycles. The number of ether oxygens (including phenoxy) is 3. The van der Waals surface area contributed by atoms with E-state index in [9.17, 15) is 18.4 Å². The first kappa shape index (κ1) is 24.1. The molecule has 1 N–H and O–H groups in total. The minimum absolute atomic E-state index is 0.0291. The number of methoxy groups -OCH3 is 2. The Bertz CT molecular complexity index is 1220. The Labute approximate surface area is 196 Å². The number of hydrogen-bond acceptors (Lipinski definition) is 7. The molecule has 0 bridgehead atoms. The molecule has 1 aromatic heterocycles. The van der Waals surface area contributed by atoms with Crippen LogP contribution in [-0.2, 0) is 14.3 Å². The number of carbonyl (C=O) groups is 2. The first-order valence-corrected chi connectivity index (χ1v) is 10.5. The van der Waals surface area contributed by atoms with Gasteiger partial charge in [0.15, 0.2) is 23.2 Å². The van der Waals surface area contributed by atoms with E-state index in [1.165, 1.54) is 25.7 Å². The second kappa shape index (κ2) is 10.9. The van der Waals surface area contributed by atoms with Crippen LogP contribution in [0, 0.1) is 11.6 Å². The summed E-state index contributed by atoms with van der Waals surface area (Å²) in [4.78, 5) is 28.0. The topological polar surface area (TPSA) is 86.8 Å². The van der Waals surface area contributed by atoms with Crippen molar-refractivity contribution in [1.82, 2.24) is 4.98 Å². The number of esters is 1. The van der Waals surface area contributed by atoms with Crippen LogP contribution in [-0.4, -0.2) is 37.7 Å². The SMILES string of the molecule is COc1cc(/C=C/C(=O)OCC(=O)Nc2nc(-c3cc(F)ccc3F)cs2)cc(Cl)c1OC. The van der Waals surface area contributed by atoms with Crippen molar-refractivity contribution in [1.29, 1.82) is 0 Å². The van der Waals surface area contributed by atoms with Gasteiger partial charge in [0, 0.05) is 17.0 Å². The van der Waals surface area contributed by atoms with E-state index in [4.69, 9.17) is 25.8 Å². The maximum Gasteiger partial charge on any atom is 0.331 e. The van der Waals surface area contributed by atoms with Crippen molar-refractivity contribution in [2.24, 2.45) is 0 Å². The van der Waals surface area contributed by atoms with Crippen LogP contribution in [0.2, 0.25) is 5.02 Å². The monoisotopic (exact) mass is 494 g/mol. The molecule has 11 heteroatoms. The number of benzene rings is 2. The van der Waals surface area contributed by atoms with E-state index < -0.39 is 30.1 Å². The first-order chi connectivity index (χ1) is 15.8. The van der Waals surface area contributed by atoms with E-state index >= 15 is 0 Å². The average molecular weight is 495 g/mol. The molecule has 3 rings (SSSR count). The number of thiazole rings is 1. The molecule has 0 saturated carbocycles. The first-order valence-electron chi connectivity index (χ1n) is 9.28. The van der Waals surface area contributed by atoms with E-state index in [1.807, 2.05) is 0 Å². The van der Waals surface area contributed by atoms with Gasteiger partial charge in [-0.2, -0.15) is 0 Å². The summed E-state index contributed by atoms with van der Waals surface area (Å²) in [5, 5.41) is 4.34. The smallest absolute Gasteiger partial charge is 0.331 e. The van der Waals surface area contributed by atoms with Crippen LogP contribution in [0.1, 0.15) is 5.56 Å². The molecule has 1 heterocycles. The molecule has 33 heavy (non-hydrogen) atoms. The van der Waals surface area contributed by atoms with Crippen molar-refractivity contribution < 1.29 is 32.6 Å².